The highest BCUT2D eigenvalue weighted by Crippen LogP contribution is 2.34. The Morgan fingerprint density at radius 2 is 1.91 bits per heavy atom. The summed E-state index contributed by atoms with van der Waals surface area (Å²) in [6, 6.07) is 11.7. The van der Waals surface area contributed by atoms with Gasteiger partial charge in [0.2, 0.25) is 5.91 Å². The smallest absolute Gasteiger partial charge is 0.290 e. The number of rotatable bonds is 9. The number of carbonyl (C=O) groups excluding carboxylic acids is 2. The third-order valence-electron chi connectivity index (χ3n) is 5.88. The number of thiophene rings is 1. The summed E-state index contributed by atoms with van der Waals surface area (Å²) in [6.45, 7) is 0.272. The molecule has 0 radical (unpaired) electrons. The van der Waals surface area contributed by atoms with Crippen molar-refractivity contribution in [1.29, 1.82) is 0 Å². The molecule has 33 heavy (non-hydrogen) atoms. The molecule has 4 rings (SSSR count). The van der Waals surface area contributed by atoms with Gasteiger partial charge in [0.1, 0.15) is 6.04 Å². The first-order valence-corrected chi connectivity index (χ1v) is 11.9. The van der Waals surface area contributed by atoms with Crippen LogP contribution in [0.2, 0.25) is 0 Å². The number of carbonyl (C=O) groups is 2. The first-order valence-electron chi connectivity index (χ1n) is 11.0. The lowest BCUT2D eigenvalue weighted by molar-refractivity contribution is -0.126. The van der Waals surface area contributed by atoms with Crippen molar-refractivity contribution in [1.82, 2.24) is 10.2 Å². The Morgan fingerprint density at radius 3 is 2.55 bits per heavy atom. The molecule has 1 saturated carbocycles. The summed E-state index contributed by atoms with van der Waals surface area (Å²) in [5, 5.41) is 5.12. The molecular formula is C25H28N2O5S. The fourth-order valence-corrected chi connectivity index (χ4v) is 4.94. The molecule has 1 N–H and O–H groups in total. The molecule has 2 amide bonds. The summed E-state index contributed by atoms with van der Waals surface area (Å²) in [7, 11) is 3.11. The minimum Gasteiger partial charge on any atom is -0.493 e. The Kier molecular flexibility index (Phi) is 7.34. The Balaban J connectivity index is 1.76. The average molecular weight is 469 g/mol. The molecule has 0 aliphatic heterocycles. The molecule has 1 atom stereocenters. The molecule has 7 nitrogen and oxygen atoms in total. The Labute approximate surface area is 197 Å². The number of hydrogen-bond acceptors (Lipinski definition) is 6. The van der Waals surface area contributed by atoms with Crippen LogP contribution in [-0.2, 0) is 11.3 Å². The van der Waals surface area contributed by atoms with Gasteiger partial charge in [-0.3, -0.25) is 9.59 Å². The van der Waals surface area contributed by atoms with Crippen LogP contribution in [0.5, 0.6) is 11.5 Å². The van der Waals surface area contributed by atoms with Gasteiger partial charge >= 0.3 is 0 Å². The van der Waals surface area contributed by atoms with Crippen molar-refractivity contribution in [2.45, 2.75) is 44.3 Å². The molecule has 1 aliphatic rings. The molecule has 8 heteroatoms. The molecule has 2 heterocycles. The van der Waals surface area contributed by atoms with E-state index in [2.05, 4.69) is 5.32 Å². The van der Waals surface area contributed by atoms with Crippen LogP contribution in [0.4, 0.5) is 0 Å². The molecule has 1 fully saturated rings. The predicted octanol–water partition coefficient (Wildman–Crippen LogP) is 4.80. The van der Waals surface area contributed by atoms with Crippen molar-refractivity contribution in [2.75, 3.05) is 14.2 Å². The third kappa shape index (κ3) is 5.22. The van der Waals surface area contributed by atoms with Gasteiger partial charge < -0.3 is 24.1 Å². The topological polar surface area (TPSA) is 81.0 Å². The molecule has 0 bridgehead atoms. The van der Waals surface area contributed by atoms with Crippen LogP contribution < -0.4 is 14.8 Å². The maximum Gasteiger partial charge on any atom is 0.290 e. The maximum atomic E-state index is 13.7. The second kappa shape index (κ2) is 10.6. The van der Waals surface area contributed by atoms with Gasteiger partial charge in [-0.2, -0.15) is 0 Å². The fraction of sp³-hybridized carbons (Fsp3) is 0.360. The SMILES string of the molecule is COc1ccc([C@@H](C(=O)NC2CCCC2)N(Cc2cccs2)C(=O)c2ccco2)cc1OC. The first-order chi connectivity index (χ1) is 16.1. The largest absolute Gasteiger partial charge is 0.493 e. The van der Waals surface area contributed by atoms with Crippen LogP contribution in [0.3, 0.4) is 0 Å². The summed E-state index contributed by atoms with van der Waals surface area (Å²) < 4.78 is 16.3. The monoisotopic (exact) mass is 468 g/mol. The molecule has 174 valence electrons. The normalized spacial score (nSPS) is 14.6. The standard InChI is InChI=1S/C25H28N2O5S/c1-30-20-12-11-17(15-22(20)31-2)23(24(28)26-18-7-3-4-8-18)27(16-19-9-6-14-33-19)25(29)21-10-5-13-32-21/h5-6,9-15,18,23H,3-4,7-8,16H2,1-2H3,(H,26,28)/t23-/m0/s1. The Bertz CT molecular complexity index is 1060. The molecule has 3 aromatic rings. The minimum absolute atomic E-state index is 0.113. The highest BCUT2D eigenvalue weighted by atomic mass is 32.1. The van der Waals surface area contributed by atoms with E-state index in [0.717, 1.165) is 30.6 Å². The number of ether oxygens (including phenoxy) is 2. The zero-order valence-corrected chi connectivity index (χ0v) is 19.6. The predicted molar refractivity (Wildman–Crippen MR) is 126 cm³/mol. The van der Waals surface area contributed by atoms with Gasteiger partial charge in [0, 0.05) is 10.9 Å². The highest BCUT2D eigenvalue weighted by Gasteiger charge is 2.35. The van der Waals surface area contributed by atoms with E-state index >= 15 is 0 Å². The van der Waals surface area contributed by atoms with Crippen molar-refractivity contribution in [2.24, 2.45) is 0 Å². The van der Waals surface area contributed by atoms with Crippen LogP contribution in [0, 0.1) is 0 Å². The fourth-order valence-electron chi connectivity index (χ4n) is 4.24. The number of hydrogen-bond donors (Lipinski definition) is 1. The second-order valence-corrected chi connectivity index (χ2v) is 9.03. The van der Waals surface area contributed by atoms with Crippen molar-refractivity contribution >= 4 is 23.2 Å². The number of amides is 2. The third-order valence-corrected chi connectivity index (χ3v) is 6.75. The van der Waals surface area contributed by atoms with Gasteiger partial charge in [-0.25, -0.2) is 0 Å². The lowest BCUT2D eigenvalue weighted by Crippen LogP contribution is -2.45. The van der Waals surface area contributed by atoms with E-state index in [9.17, 15) is 9.59 Å². The van der Waals surface area contributed by atoms with Crippen molar-refractivity contribution in [3.63, 3.8) is 0 Å². The van der Waals surface area contributed by atoms with Crippen LogP contribution in [-0.4, -0.2) is 37.0 Å². The zero-order valence-electron chi connectivity index (χ0n) is 18.8. The van der Waals surface area contributed by atoms with E-state index < -0.39 is 6.04 Å². The highest BCUT2D eigenvalue weighted by molar-refractivity contribution is 7.09. The minimum atomic E-state index is -0.870. The van der Waals surface area contributed by atoms with Crippen LogP contribution in [0.1, 0.15) is 52.7 Å². The summed E-state index contributed by atoms with van der Waals surface area (Å²) in [6.07, 6.45) is 5.54. The molecule has 1 aliphatic carbocycles. The molecule has 2 aromatic heterocycles. The lowest BCUT2D eigenvalue weighted by atomic mass is 10.0. The van der Waals surface area contributed by atoms with Gasteiger partial charge in [-0.1, -0.05) is 25.0 Å². The number of methoxy groups -OCH3 is 2. The van der Waals surface area contributed by atoms with Gasteiger partial charge in [0.15, 0.2) is 17.3 Å². The van der Waals surface area contributed by atoms with Crippen molar-refractivity contribution in [3.8, 4) is 11.5 Å². The summed E-state index contributed by atoms with van der Waals surface area (Å²) in [5.74, 6) is 0.666. The summed E-state index contributed by atoms with van der Waals surface area (Å²) in [4.78, 5) is 29.8. The van der Waals surface area contributed by atoms with Crippen LogP contribution >= 0.6 is 11.3 Å². The van der Waals surface area contributed by atoms with Crippen molar-refractivity contribution < 1.29 is 23.5 Å². The summed E-state index contributed by atoms with van der Waals surface area (Å²) in [5.41, 5.74) is 0.639. The molecule has 0 unspecified atom stereocenters. The maximum absolute atomic E-state index is 13.7. The Morgan fingerprint density at radius 1 is 1.12 bits per heavy atom. The number of benzene rings is 1. The number of furan rings is 1. The molecular weight excluding hydrogens is 440 g/mol. The molecule has 1 aromatic carbocycles. The van der Waals surface area contributed by atoms with Crippen LogP contribution in [0.25, 0.3) is 0 Å². The van der Waals surface area contributed by atoms with E-state index in [4.69, 9.17) is 13.9 Å². The number of nitrogens with zero attached hydrogens (tertiary/aromatic N) is 1. The summed E-state index contributed by atoms with van der Waals surface area (Å²) >= 11 is 1.54. The van der Waals surface area contributed by atoms with E-state index in [1.54, 1.807) is 49.5 Å². The van der Waals surface area contributed by atoms with E-state index in [0.29, 0.717) is 17.1 Å². The van der Waals surface area contributed by atoms with Gasteiger partial charge in [-0.15, -0.1) is 11.3 Å². The lowest BCUT2D eigenvalue weighted by Gasteiger charge is -2.31. The van der Waals surface area contributed by atoms with E-state index in [-0.39, 0.29) is 30.2 Å². The molecule has 0 spiro atoms. The first kappa shape index (κ1) is 22.9. The average Bonchev–Trinajstić information content (AvgIpc) is 3.62. The van der Waals surface area contributed by atoms with E-state index in [1.807, 2.05) is 17.5 Å². The van der Waals surface area contributed by atoms with Gasteiger partial charge in [0.05, 0.1) is 27.0 Å². The zero-order chi connectivity index (χ0) is 23.2. The Hall–Kier alpha value is -3.26. The number of nitrogens with one attached hydrogen (secondary N) is 1. The van der Waals surface area contributed by atoms with E-state index in [1.165, 1.54) is 17.6 Å². The van der Waals surface area contributed by atoms with Crippen molar-refractivity contribution in [3.05, 3.63) is 70.3 Å². The van der Waals surface area contributed by atoms with Gasteiger partial charge in [-0.05, 0) is 54.1 Å². The van der Waals surface area contributed by atoms with Gasteiger partial charge in [0.25, 0.3) is 5.91 Å². The van der Waals surface area contributed by atoms with Crippen LogP contribution in [0.15, 0.2) is 58.5 Å². The second-order valence-electron chi connectivity index (χ2n) is 8.00. The quantitative estimate of drug-likeness (QED) is 0.488. The molecule has 0 saturated heterocycles.